The summed E-state index contributed by atoms with van der Waals surface area (Å²) in [4.78, 5) is 17.7. The number of hydrogen-bond donors (Lipinski definition) is 3. The van der Waals surface area contributed by atoms with Crippen molar-refractivity contribution in [2.75, 3.05) is 38.0 Å². The maximum absolute atomic E-state index is 15.1. The number of ether oxygens (including phenoxy) is 1. The first-order chi connectivity index (χ1) is 17.4. The van der Waals surface area contributed by atoms with Crippen molar-refractivity contribution in [3.05, 3.63) is 58.6 Å². The van der Waals surface area contributed by atoms with E-state index in [0.29, 0.717) is 22.9 Å². The summed E-state index contributed by atoms with van der Waals surface area (Å²) in [5, 5.41) is 12.7. The lowest BCUT2D eigenvalue weighted by Gasteiger charge is -2.50. The number of hydrogen-bond acceptors (Lipinski definition) is 8. The zero-order chi connectivity index (χ0) is 25.3. The van der Waals surface area contributed by atoms with Crippen molar-refractivity contribution < 1.29 is 18.6 Å². The van der Waals surface area contributed by atoms with Crippen LogP contribution in [-0.4, -0.2) is 52.3 Å². The van der Waals surface area contributed by atoms with Gasteiger partial charge in [-0.2, -0.15) is 0 Å². The summed E-state index contributed by atoms with van der Waals surface area (Å²) < 4.78 is 41.3. The number of piperidine rings is 1. The molecule has 192 valence electrons. The average molecular weight is 518 g/mol. The molecule has 1 saturated carbocycles. The monoisotopic (exact) mass is 517 g/mol. The summed E-state index contributed by atoms with van der Waals surface area (Å²) in [6, 6.07) is 7.13. The molecule has 1 saturated heterocycles. The maximum Gasteiger partial charge on any atom is 0.261 e. The predicted molar refractivity (Wildman–Crippen MR) is 136 cm³/mol. The Morgan fingerprint density at radius 2 is 2.06 bits per heavy atom. The molecule has 2 aromatic carbocycles. The first-order valence-corrected chi connectivity index (χ1v) is 12.8. The quantitative estimate of drug-likeness (QED) is 0.385. The van der Waals surface area contributed by atoms with Crippen molar-refractivity contribution in [2.45, 2.75) is 31.7 Å². The number of nitrogens with one attached hydrogen (secondary N) is 2. The van der Waals surface area contributed by atoms with Crippen LogP contribution in [0.1, 0.15) is 31.7 Å². The highest BCUT2D eigenvalue weighted by Crippen LogP contribution is 2.53. The molecular weight excluding hydrogens is 488 g/mol. The molecule has 0 amide bonds. The molecule has 1 spiro atoms. The zero-order valence-corrected chi connectivity index (χ0v) is 20.8. The smallest absolute Gasteiger partial charge is 0.261 e. The van der Waals surface area contributed by atoms with Crippen LogP contribution in [0.25, 0.3) is 10.9 Å². The lowest BCUT2D eigenvalue weighted by molar-refractivity contribution is 0.0270. The fourth-order valence-corrected chi connectivity index (χ4v) is 5.66. The number of aliphatic hydroxyl groups is 1. The Labute approximate surface area is 211 Å². The van der Waals surface area contributed by atoms with Gasteiger partial charge in [-0.15, -0.1) is 0 Å². The van der Waals surface area contributed by atoms with E-state index in [-0.39, 0.29) is 29.6 Å². The molecule has 0 atom stereocenters. The molecule has 5 rings (SSSR count). The van der Waals surface area contributed by atoms with E-state index in [0.717, 1.165) is 57.0 Å². The van der Waals surface area contributed by atoms with Gasteiger partial charge >= 0.3 is 0 Å². The molecule has 0 bridgehead atoms. The van der Waals surface area contributed by atoms with Gasteiger partial charge in [0.05, 0.1) is 29.5 Å². The number of benzene rings is 2. The van der Waals surface area contributed by atoms with Gasteiger partial charge in [-0.3, -0.25) is 9.36 Å². The first kappa shape index (κ1) is 24.9. The molecule has 1 aliphatic carbocycles. The minimum atomic E-state index is -0.898. The van der Waals surface area contributed by atoms with Gasteiger partial charge in [-0.1, -0.05) is 0 Å². The van der Waals surface area contributed by atoms with Crippen LogP contribution < -0.4 is 20.3 Å². The van der Waals surface area contributed by atoms with Crippen molar-refractivity contribution in [1.29, 1.82) is 0 Å². The van der Waals surface area contributed by atoms with E-state index in [1.807, 2.05) is 0 Å². The van der Waals surface area contributed by atoms with Gasteiger partial charge in [0, 0.05) is 24.7 Å². The van der Waals surface area contributed by atoms with Crippen molar-refractivity contribution in [1.82, 2.24) is 19.2 Å². The number of rotatable bonds is 8. The normalized spacial score (nSPS) is 17.5. The minimum absolute atomic E-state index is 0.0304. The highest BCUT2D eigenvalue weighted by atomic mass is 32.2. The highest BCUT2D eigenvalue weighted by Gasteiger charge is 2.45. The van der Waals surface area contributed by atoms with Crippen molar-refractivity contribution in [3.63, 3.8) is 0 Å². The van der Waals surface area contributed by atoms with E-state index >= 15 is 4.39 Å². The average Bonchev–Trinajstić information content (AvgIpc) is 2.86. The number of likely N-dealkylation sites (N-methyl/N-ethyl adjacent to an activating group) is 1. The molecule has 11 heteroatoms. The molecule has 1 aliphatic heterocycles. The fraction of sp³-hybridized carbons (Fsp3) is 0.440. The molecule has 2 fully saturated rings. The van der Waals surface area contributed by atoms with Gasteiger partial charge in [0.25, 0.3) is 5.56 Å². The predicted octanol–water partition coefficient (Wildman–Crippen LogP) is 4.07. The summed E-state index contributed by atoms with van der Waals surface area (Å²) >= 11 is 1.06. The Kier molecular flexibility index (Phi) is 7.16. The molecule has 2 aliphatic rings. The number of aliphatic hydroxyl groups excluding tert-OH is 1. The van der Waals surface area contributed by atoms with Crippen LogP contribution in [0.2, 0.25) is 0 Å². The van der Waals surface area contributed by atoms with Crippen molar-refractivity contribution >= 4 is 28.7 Å². The van der Waals surface area contributed by atoms with Crippen LogP contribution in [0, 0.1) is 17.0 Å². The summed E-state index contributed by atoms with van der Waals surface area (Å²) in [6.45, 7) is 2.34. The number of nitrogens with zero attached hydrogens (tertiary/aromatic N) is 3. The number of aromatic nitrogens is 2. The largest absolute Gasteiger partial charge is 0.451 e. The second-order valence-corrected chi connectivity index (χ2v) is 10.6. The van der Waals surface area contributed by atoms with Crippen LogP contribution in [0.15, 0.2) is 41.5 Å². The van der Waals surface area contributed by atoms with Gasteiger partial charge in [-0.05, 0) is 81.6 Å². The Morgan fingerprint density at radius 1 is 1.28 bits per heavy atom. The third kappa shape index (κ3) is 4.93. The van der Waals surface area contributed by atoms with Crippen molar-refractivity contribution in [3.8, 4) is 11.5 Å². The zero-order valence-electron chi connectivity index (χ0n) is 20.0. The number of halogens is 2. The summed E-state index contributed by atoms with van der Waals surface area (Å²) in [5.41, 5.74) is 0.662. The van der Waals surface area contributed by atoms with Crippen LogP contribution in [0.5, 0.6) is 11.5 Å². The third-order valence-electron chi connectivity index (χ3n) is 7.14. The van der Waals surface area contributed by atoms with E-state index in [1.54, 1.807) is 28.3 Å². The summed E-state index contributed by atoms with van der Waals surface area (Å²) in [7, 11) is 1.72. The maximum atomic E-state index is 15.1. The molecule has 8 nitrogen and oxygen atoms in total. The van der Waals surface area contributed by atoms with E-state index in [9.17, 15) is 9.18 Å². The molecule has 0 radical (unpaired) electrons. The van der Waals surface area contributed by atoms with Crippen LogP contribution in [0.3, 0.4) is 0 Å². The van der Waals surface area contributed by atoms with Gasteiger partial charge < -0.3 is 19.9 Å². The van der Waals surface area contributed by atoms with E-state index in [1.165, 1.54) is 18.2 Å². The van der Waals surface area contributed by atoms with E-state index < -0.39 is 17.4 Å². The second-order valence-electron chi connectivity index (χ2n) is 9.56. The molecular formula is C25H29F2N5O3S. The van der Waals surface area contributed by atoms with Crippen LogP contribution >= 0.6 is 12.1 Å². The van der Waals surface area contributed by atoms with Gasteiger partial charge in [0.15, 0.2) is 11.6 Å². The lowest BCUT2D eigenvalue weighted by Crippen LogP contribution is -2.47. The van der Waals surface area contributed by atoms with E-state index in [2.05, 4.69) is 15.0 Å². The Balaban J connectivity index is 1.37. The number of fused-ring (bicyclic) bond motifs is 1. The first-order valence-electron chi connectivity index (χ1n) is 12.0. The Bertz CT molecular complexity index is 1310. The topological polar surface area (TPSA) is 91.7 Å². The molecule has 2 heterocycles. The third-order valence-corrected chi connectivity index (χ3v) is 7.95. The molecule has 36 heavy (non-hydrogen) atoms. The number of anilines is 1. The summed E-state index contributed by atoms with van der Waals surface area (Å²) in [5.74, 6) is -2.19. The SMILES string of the molecule is CN(CCO)SNc1ccc(F)c(Oc2ccc3ncn(C4CC5(CCNCC5)C4)c(=O)c3c2)c1F. The van der Waals surface area contributed by atoms with Gasteiger partial charge in [0.2, 0.25) is 5.75 Å². The Hall–Kier alpha value is -2.73. The standard InChI is InChI=1S/C25H29F2N5O3S/c1-31(10-11-33)36-30-21-5-3-19(26)23(22(21)27)35-17-2-4-20-18(12-17)24(34)32(15-29-20)16-13-25(14-16)6-8-28-9-7-25/h2-5,12,15-16,28,30,33H,6-11,13-14H2,1H3. The molecule has 3 aromatic rings. The van der Waals surface area contributed by atoms with Gasteiger partial charge in [-0.25, -0.2) is 18.1 Å². The lowest BCUT2D eigenvalue weighted by atomic mass is 9.60. The van der Waals surface area contributed by atoms with Gasteiger partial charge in [0.1, 0.15) is 5.75 Å². The molecule has 1 aromatic heterocycles. The second kappa shape index (κ2) is 10.3. The fourth-order valence-electron chi connectivity index (χ4n) is 5.08. The Morgan fingerprint density at radius 3 is 2.81 bits per heavy atom. The van der Waals surface area contributed by atoms with E-state index in [4.69, 9.17) is 9.84 Å². The molecule has 3 N–H and O–H groups in total. The summed E-state index contributed by atoms with van der Waals surface area (Å²) in [6.07, 6.45) is 5.76. The highest BCUT2D eigenvalue weighted by molar-refractivity contribution is 7.98. The van der Waals surface area contributed by atoms with Crippen LogP contribution in [0.4, 0.5) is 14.5 Å². The van der Waals surface area contributed by atoms with Crippen LogP contribution in [-0.2, 0) is 0 Å². The van der Waals surface area contributed by atoms with Crippen molar-refractivity contribution in [2.24, 2.45) is 5.41 Å². The minimum Gasteiger partial charge on any atom is -0.451 e. The molecule has 0 unspecified atom stereocenters.